The highest BCUT2D eigenvalue weighted by atomic mass is 15.1. The van der Waals surface area contributed by atoms with Crippen LogP contribution in [0.5, 0.6) is 0 Å². The van der Waals surface area contributed by atoms with Gasteiger partial charge in [-0.3, -0.25) is 0 Å². The fourth-order valence-electron chi connectivity index (χ4n) is 2.39. The Hall–Kier alpha value is -1.02. The molecule has 0 saturated carbocycles. The molecule has 0 saturated heterocycles. The van der Waals surface area contributed by atoms with Gasteiger partial charge in [-0.2, -0.15) is 0 Å². The lowest BCUT2D eigenvalue weighted by atomic mass is 9.86. The maximum absolute atomic E-state index is 3.59. The molecule has 0 spiro atoms. The summed E-state index contributed by atoms with van der Waals surface area (Å²) in [7, 11) is 2.20. The van der Waals surface area contributed by atoms with Crippen LogP contribution in [0.4, 0.5) is 5.69 Å². The number of hydrogen-bond acceptors (Lipinski definition) is 2. The summed E-state index contributed by atoms with van der Waals surface area (Å²) in [5, 5.41) is 3.59. The van der Waals surface area contributed by atoms with E-state index in [9.17, 15) is 0 Å². The van der Waals surface area contributed by atoms with Crippen molar-refractivity contribution in [1.82, 2.24) is 5.32 Å². The molecule has 20 heavy (non-hydrogen) atoms. The van der Waals surface area contributed by atoms with Crippen molar-refractivity contribution in [2.75, 3.05) is 25.0 Å². The largest absolute Gasteiger partial charge is 0.374 e. The Morgan fingerprint density at radius 3 is 2.20 bits per heavy atom. The zero-order chi connectivity index (χ0) is 15.2. The molecule has 0 heterocycles. The molecule has 114 valence electrons. The molecule has 0 aliphatic heterocycles. The molecule has 1 rings (SSSR count). The highest BCUT2D eigenvalue weighted by molar-refractivity contribution is 5.47. The van der Waals surface area contributed by atoms with Gasteiger partial charge in [0, 0.05) is 31.9 Å². The van der Waals surface area contributed by atoms with E-state index >= 15 is 0 Å². The Labute approximate surface area is 125 Å². The number of rotatable bonds is 8. The fourth-order valence-corrected chi connectivity index (χ4v) is 2.39. The second-order valence-electron chi connectivity index (χ2n) is 6.58. The molecule has 1 N–H and O–H groups in total. The van der Waals surface area contributed by atoms with Crippen molar-refractivity contribution in [1.29, 1.82) is 0 Å². The number of nitrogens with zero attached hydrogens (tertiary/aromatic N) is 1. The van der Waals surface area contributed by atoms with E-state index in [2.05, 4.69) is 76.1 Å². The monoisotopic (exact) mass is 276 g/mol. The molecule has 0 aliphatic rings. The van der Waals surface area contributed by atoms with E-state index in [1.54, 1.807) is 0 Å². The molecular formula is C18H32N2. The number of anilines is 1. The van der Waals surface area contributed by atoms with E-state index in [1.807, 2.05) is 0 Å². The highest BCUT2D eigenvalue weighted by Gasteiger charge is 2.24. The molecule has 0 amide bonds. The van der Waals surface area contributed by atoms with E-state index in [-0.39, 0.29) is 0 Å². The number of hydrogen-bond donors (Lipinski definition) is 1. The summed E-state index contributed by atoms with van der Waals surface area (Å²) in [5.74, 6) is 0. The zero-order valence-electron chi connectivity index (χ0n) is 14.2. The lowest BCUT2D eigenvalue weighted by Gasteiger charge is -2.35. The Morgan fingerprint density at radius 1 is 1.15 bits per heavy atom. The van der Waals surface area contributed by atoms with Crippen molar-refractivity contribution in [3.63, 3.8) is 0 Å². The second-order valence-corrected chi connectivity index (χ2v) is 6.58. The fraction of sp³-hybridized carbons (Fsp3) is 0.667. The summed E-state index contributed by atoms with van der Waals surface area (Å²) >= 11 is 0. The van der Waals surface area contributed by atoms with Gasteiger partial charge in [0.05, 0.1) is 0 Å². The van der Waals surface area contributed by atoms with Gasteiger partial charge in [0.25, 0.3) is 0 Å². The van der Waals surface area contributed by atoms with Gasteiger partial charge in [0.2, 0.25) is 0 Å². The van der Waals surface area contributed by atoms with Gasteiger partial charge < -0.3 is 10.2 Å². The molecule has 2 nitrogen and oxygen atoms in total. The van der Waals surface area contributed by atoms with Crippen molar-refractivity contribution in [3.8, 4) is 0 Å². The van der Waals surface area contributed by atoms with Gasteiger partial charge in [-0.1, -0.05) is 46.8 Å². The first-order valence-corrected chi connectivity index (χ1v) is 7.93. The normalized spacial score (nSPS) is 14.3. The van der Waals surface area contributed by atoms with Crippen molar-refractivity contribution in [2.45, 2.75) is 53.5 Å². The third kappa shape index (κ3) is 5.16. The number of benzene rings is 1. The summed E-state index contributed by atoms with van der Waals surface area (Å²) < 4.78 is 0. The van der Waals surface area contributed by atoms with Crippen LogP contribution in [0.25, 0.3) is 0 Å². The van der Waals surface area contributed by atoms with Crippen LogP contribution in [0.1, 0.15) is 46.6 Å². The van der Waals surface area contributed by atoms with E-state index in [4.69, 9.17) is 0 Å². The van der Waals surface area contributed by atoms with Crippen LogP contribution in [-0.2, 0) is 6.42 Å². The molecule has 0 aromatic heterocycles. The van der Waals surface area contributed by atoms with Gasteiger partial charge in [-0.25, -0.2) is 0 Å². The first-order valence-electron chi connectivity index (χ1n) is 7.93. The van der Waals surface area contributed by atoms with Crippen LogP contribution >= 0.6 is 0 Å². The molecule has 1 atom stereocenters. The molecule has 1 unspecified atom stereocenters. The van der Waals surface area contributed by atoms with Gasteiger partial charge in [-0.05, 0) is 36.0 Å². The van der Waals surface area contributed by atoms with Crippen LogP contribution in [-0.4, -0.2) is 26.2 Å². The molecule has 1 aromatic carbocycles. The van der Waals surface area contributed by atoms with Gasteiger partial charge in [0.1, 0.15) is 0 Å². The zero-order valence-corrected chi connectivity index (χ0v) is 14.2. The third-order valence-electron chi connectivity index (χ3n) is 4.19. The summed E-state index contributed by atoms with van der Waals surface area (Å²) in [4.78, 5) is 2.38. The molecular weight excluding hydrogens is 244 g/mol. The Kier molecular flexibility index (Phi) is 6.54. The van der Waals surface area contributed by atoms with Gasteiger partial charge >= 0.3 is 0 Å². The summed E-state index contributed by atoms with van der Waals surface area (Å²) in [6.07, 6.45) is 2.29. The Morgan fingerprint density at radius 2 is 1.75 bits per heavy atom. The number of aryl methyl sites for hydroxylation is 1. The van der Waals surface area contributed by atoms with Crippen LogP contribution in [0, 0.1) is 5.41 Å². The second kappa shape index (κ2) is 7.68. The smallest absolute Gasteiger partial charge is 0.0363 e. The SMILES string of the molecule is CCc1ccc(N(C)CC(C)(CC)CNC(C)C)cc1. The minimum Gasteiger partial charge on any atom is -0.374 e. The first kappa shape index (κ1) is 17.0. The molecule has 0 bridgehead atoms. The molecule has 0 aliphatic carbocycles. The van der Waals surface area contributed by atoms with Crippen molar-refractivity contribution in [2.24, 2.45) is 5.41 Å². The Balaban J connectivity index is 2.67. The van der Waals surface area contributed by atoms with Crippen LogP contribution in [0.2, 0.25) is 0 Å². The predicted molar refractivity (Wildman–Crippen MR) is 90.6 cm³/mol. The van der Waals surface area contributed by atoms with Gasteiger partial charge in [0.15, 0.2) is 0 Å². The molecule has 0 radical (unpaired) electrons. The standard InChI is InChI=1S/C18H32N2/c1-7-16-9-11-17(12-10-16)20(6)14-18(5,8-2)13-19-15(3)4/h9-12,15,19H,7-8,13-14H2,1-6H3. The molecule has 0 fully saturated rings. The quantitative estimate of drug-likeness (QED) is 0.769. The van der Waals surface area contributed by atoms with Crippen LogP contribution < -0.4 is 10.2 Å². The topological polar surface area (TPSA) is 15.3 Å². The third-order valence-corrected chi connectivity index (χ3v) is 4.19. The molecule has 1 aromatic rings. The highest BCUT2D eigenvalue weighted by Crippen LogP contribution is 2.24. The van der Waals surface area contributed by atoms with E-state index in [0.717, 1.165) is 19.5 Å². The van der Waals surface area contributed by atoms with E-state index in [0.29, 0.717) is 11.5 Å². The molecule has 2 heteroatoms. The maximum Gasteiger partial charge on any atom is 0.0363 e. The maximum atomic E-state index is 3.59. The minimum atomic E-state index is 0.308. The van der Waals surface area contributed by atoms with Crippen molar-refractivity contribution in [3.05, 3.63) is 29.8 Å². The summed E-state index contributed by atoms with van der Waals surface area (Å²) in [6, 6.07) is 9.51. The lowest BCUT2D eigenvalue weighted by Crippen LogP contribution is -2.42. The minimum absolute atomic E-state index is 0.308. The average Bonchev–Trinajstić information content (AvgIpc) is 2.45. The average molecular weight is 276 g/mol. The number of nitrogens with one attached hydrogen (secondary N) is 1. The van der Waals surface area contributed by atoms with Gasteiger partial charge in [-0.15, -0.1) is 0 Å². The van der Waals surface area contributed by atoms with Crippen molar-refractivity contribution >= 4 is 5.69 Å². The van der Waals surface area contributed by atoms with Crippen LogP contribution in [0.15, 0.2) is 24.3 Å². The Bertz CT molecular complexity index is 383. The lowest BCUT2D eigenvalue weighted by molar-refractivity contribution is 0.290. The van der Waals surface area contributed by atoms with Crippen LogP contribution in [0.3, 0.4) is 0 Å². The van der Waals surface area contributed by atoms with E-state index in [1.165, 1.54) is 17.7 Å². The summed E-state index contributed by atoms with van der Waals surface area (Å²) in [5.41, 5.74) is 3.02. The first-order chi connectivity index (χ1) is 9.40. The summed E-state index contributed by atoms with van der Waals surface area (Å²) in [6.45, 7) is 13.4. The predicted octanol–water partition coefficient (Wildman–Crippen LogP) is 4.10. The van der Waals surface area contributed by atoms with E-state index < -0.39 is 0 Å². The van der Waals surface area contributed by atoms with Crippen molar-refractivity contribution < 1.29 is 0 Å².